The van der Waals surface area contributed by atoms with Gasteiger partial charge in [0.2, 0.25) is 10.0 Å². The summed E-state index contributed by atoms with van der Waals surface area (Å²) < 4.78 is 25.9. The zero-order chi connectivity index (χ0) is 19.4. The van der Waals surface area contributed by atoms with Gasteiger partial charge in [0.1, 0.15) is 0 Å². The number of hydrogen-bond donors (Lipinski definition) is 1. The van der Waals surface area contributed by atoms with Gasteiger partial charge in [0.25, 0.3) is 5.91 Å². The van der Waals surface area contributed by atoms with E-state index in [2.05, 4.69) is 5.32 Å². The van der Waals surface area contributed by atoms with E-state index in [-0.39, 0.29) is 17.7 Å². The van der Waals surface area contributed by atoms with Crippen LogP contribution in [0.5, 0.6) is 0 Å². The Labute approximate surface area is 161 Å². The Bertz CT molecular complexity index is 907. The Kier molecular flexibility index (Phi) is 5.85. The summed E-state index contributed by atoms with van der Waals surface area (Å²) in [7, 11) is -3.24. The van der Waals surface area contributed by atoms with Gasteiger partial charge >= 0.3 is 0 Å². The lowest BCUT2D eigenvalue weighted by atomic mass is 9.99. The Morgan fingerprint density at radius 3 is 2.44 bits per heavy atom. The van der Waals surface area contributed by atoms with E-state index in [9.17, 15) is 13.2 Å². The predicted octanol–water partition coefficient (Wildman–Crippen LogP) is 3.81. The van der Waals surface area contributed by atoms with Crippen LogP contribution in [0.3, 0.4) is 0 Å². The number of hydrogen-bond acceptors (Lipinski definition) is 3. The lowest BCUT2D eigenvalue weighted by Gasteiger charge is -2.28. The third-order valence-electron chi connectivity index (χ3n) is 5.04. The molecule has 1 aliphatic rings. The summed E-state index contributed by atoms with van der Waals surface area (Å²) >= 11 is 0. The second-order valence-electron chi connectivity index (χ2n) is 6.93. The first-order chi connectivity index (χ1) is 12.9. The Balaban J connectivity index is 1.75. The van der Waals surface area contributed by atoms with Crippen LogP contribution in [-0.2, 0) is 10.0 Å². The van der Waals surface area contributed by atoms with Gasteiger partial charge in [0.15, 0.2) is 0 Å². The van der Waals surface area contributed by atoms with Crippen molar-refractivity contribution in [2.45, 2.75) is 39.2 Å². The van der Waals surface area contributed by atoms with E-state index in [1.807, 2.05) is 38.1 Å². The number of anilines is 1. The van der Waals surface area contributed by atoms with Gasteiger partial charge in [-0.25, -0.2) is 8.42 Å². The highest BCUT2D eigenvalue weighted by molar-refractivity contribution is 7.92. The minimum absolute atomic E-state index is 0.0548. The Morgan fingerprint density at radius 1 is 1.11 bits per heavy atom. The monoisotopic (exact) mass is 386 g/mol. The fourth-order valence-corrected chi connectivity index (χ4v) is 5.12. The molecule has 3 rings (SSSR count). The molecular formula is C21H26N2O3S. The predicted molar refractivity (Wildman–Crippen MR) is 108 cm³/mol. The maximum Gasteiger partial charge on any atom is 0.251 e. The molecule has 1 N–H and O–H groups in total. The smallest absolute Gasteiger partial charge is 0.251 e. The van der Waals surface area contributed by atoms with Crippen molar-refractivity contribution in [3.63, 3.8) is 0 Å². The number of nitrogens with one attached hydrogen (secondary N) is 1. The van der Waals surface area contributed by atoms with Crippen LogP contribution in [0.2, 0.25) is 0 Å². The summed E-state index contributed by atoms with van der Waals surface area (Å²) in [6.07, 6.45) is 2.35. The second kappa shape index (κ2) is 8.13. The van der Waals surface area contributed by atoms with E-state index < -0.39 is 10.0 Å². The number of rotatable bonds is 5. The van der Waals surface area contributed by atoms with Gasteiger partial charge in [-0.3, -0.25) is 9.10 Å². The van der Waals surface area contributed by atoms with Crippen molar-refractivity contribution in [3.8, 4) is 0 Å². The topological polar surface area (TPSA) is 66.5 Å². The molecule has 144 valence electrons. The van der Waals surface area contributed by atoms with Gasteiger partial charge < -0.3 is 5.32 Å². The molecule has 1 heterocycles. The summed E-state index contributed by atoms with van der Waals surface area (Å²) in [4.78, 5) is 12.7. The molecule has 1 fully saturated rings. The summed E-state index contributed by atoms with van der Waals surface area (Å²) in [6.45, 7) is 4.58. The van der Waals surface area contributed by atoms with Crippen molar-refractivity contribution in [2.75, 3.05) is 16.6 Å². The van der Waals surface area contributed by atoms with E-state index >= 15 is 0 Å². The van der Waals surface area contributed by atoms with Crippen LogP contribution in [0.15, 0.2) is 48.5 Å². The highest BCUT2D eigenvalue weighted by Crippen LogP contribution is 2.25. The van der Waals surface area contributed by atoms with Gasteiger partial charge in [0, 0.05) is 12.1 Å². The highest BCUT2D eigenvalue weighted by Gasteiger charge is 2.26. The fraction of sp³-hybridized carbons (Fsp3) is 0.381. The Morgan fingerprint density at radius 2 is 1.81 bits per heavy atom. The van der Waals surface area contributed by atoms with Crippen LogP contribution in [-0.4, -0.2) is 26.6 Å². The molecule has 0 aromatic heterocycles. The Hall–Kier alpha value is -2.34. The van der Waals surface area contributed by atoms with E-state index in [1.165, 1.54) is 4.31 Å². The first-order valence-corrected chi connectivity index (χ1v) is 11.0. The molecule has 0 unspecified atom stereocenters. The maximum absolute atomic E-state index is 12.7. The summed E-state index contributed by atoms with van der Waals surface area (Å²) in [5.74, 6) is 0.0299. The largest absolute Gasteiger partial charge is 0.345 e. The summed E-state index contributed by atoms with van der Waals surface area (Å²) in [6, 6.07) is 14.8. The molecule has 0 saturated carbocycles. The molecule has 0 bridgehead atoms. The molecular weight excluding hydrogens is 360 g/mol. The summed E-state index contributed by atoms with van der Waals surface area (Å²) in [5, 5.41) is 3.08. The minimum atomic E-state index is -3.24. The number of aryl methyl sites for hydroxylation is 1. The molecule has 5 nitrogen and oxygen atoms in total. The van der Waals surface area contributed by atoms with Crippen LogP contribution < -0.4 is 9.62 Å². The maximum atomic E-state index is 12.7. The SMILES string of the molecule is CC[C@@H](NC(=O)c1ccc(N2CCCCS2(=O)=O)cc1)c1ccccc1C. The normalized spacial score (nSPS) is 17.3. The van der Waals surface area contributed by atoms with Crippen molar-refractivity contribution in [3.05, 3.63) is 65.2 Å². The zero-order valence-electron chi connectivity index (χ0n) is 15.8. The lowest BCUT2D eigenvalue weighted by Crippen LogP contribution is -2.37. The number of sulfonamides is 1. The summed E-state index contributed by atoms with van der Waals surface area (Å²) in [5.41, 5.74) is 3.41. The first kappa shape index (κ1) is 19.4. The average molecular weight is 387 g/mol. The van der Waals surface area contributed by atoms with Crippen LogP contribution in [0, 0.1) is 6.92 Å². The molecule has 6 heteroatoms. The van der Waals surface area contributed by atoms with E-state index in [1.54, 1.807) is 24.3 Å². The van der Waals surface area contributed by atoms with Crippen molar-refractivity contribution >= 4 is 21.6 Å². The molecule has 1 saturated heterocycles. The number of nitrogens with zero attached hydrogens (tertiary/aromatic N) is 1. The lowest BCUT2D eigenvalue weighted by molar-refractivity contribution is 0.0935. The van der Waals surface area contributed by atoms with Gasteiger partial charge in [-0.1, -0.05) is 31.2 Å². The van der Waals surface area contributed by atoms with Crippen molar-refractivity contribution in [1.29, 1.82) is 0 Å². The number of benzene rings is 2. The molecule has 0 aliphatic carbocycles. The van der Waals surface area contributed by atoms with E-state index in [0.717, 1.165) is 24.0 Å². The molecule has 1 aliphatic heterocycles. The molecule has 0 radical (unpaired) electrons. The van der Waals surface area contributed by atoms with E-state index in [0.29, 0.717) is 24.2 Å². The van der Waals surface area contributed by atoms with Crippen molar-refractivity contribution < 1.29 is 13.2 Å². The molecule has 2 aromatic carbocycles. The minimum Gasteiger partial charge on any atom is -0.345 e. The average Bonchev–Trinajstić information content (AvgIpc) is 2.66. The molecule has 1 amide bonds. The zero-order valence-corrected chi connectivity index (χ0v) is 16.6. The van der Waals surface area contributed by atoms with Gasteiger partial charge in [-0.15, -0.1) is 0 Å². The molecule has 1 atom stereocenters. The van der Waals surface area contributed by atoms with Crippen LogP contribution in [0.4, 0.5) is 5.69 Å². The number of carbonyl (C=O) groups is 1. The van der Waals surface area contributed by atoms with Gasteiger partial charge in [-0.05, 0) is 61.6 Å². The third kappa shape index (κ3) is 4.33. The fourth-order valence-electron chi connectivity index (χ4n) is 3.48. The number of carbonyl (C=O) groups excluding carboxylic acids is 1. The van der Waals surface area contributed by atoms with Crippen LogP contribution in [0.1, 0.15) is 53.7 Å². The van der Waals surface area contributed by atoms with E-state index in [4.69, 9.17) is 0 Å². The van der Waals surface area contributed by atoms with Crippen molar-refractivity contribution in [1.82, 2.24) is 5.32 Å². The molecule has 27 heavy (non-hydrogen) atoms. The second-order valence-corrected chi connectivity index (χ2v) is 8.95. The number of amides is 1. The van der Waals surface area contributed by atoms with Gasteiger partial charge in [0.05, 0.1) is 17.5 Å². The van der Waals surface area contributed by atoms with Crippen molar-refractivity contribution in [2.24, 2.45) is 0 Å². The third-order valence-corrected chi connectivity index (χ3v) is 6.91. The quantitative estimate of drug-likeness (QED) is 0.850. The first-order valence-electron chi connectivity index (χ1n) is 9.39. The molecule has 2 aromatic rings. The van der Waals surface area contributed by atoms with Crippen LogP contribution >= 0.6 is 0 Å². The van der Waals surface area contributed by atoms with Crippen LogP contribution in [0.25, 0.3) is 0 Å². The molecule has 0 spiro atoms. The highest BCUT2D eigenvalue weighted by atomic mass is 32.2. The standard InChI is InChI=1S/C21H26N2O3S/c1-3-20(19-9-5-4-8-16(19)2)22-21(24)17-10-12-18(13-11-17)23-14-6-7-15-27(23,25)26/h4-5,8-13,20H,3,6-7,14-15H2,1-2H3,(H,22,24)/t20-/m1/s1. The van der Waals surface area contributed by atoms with Gasteiger partial charge in [-0.2, -0.15) is 0 Å².